The van der Waals surface area contributed by atoms with E-state index in [1.54, 1.807) is 13.2 Å². The van der Waals surface area contributed by atoms with E-state index in [4.69, 9.17) is 4.74 Å². The quantitative estimate of drug-likeness (QED) is 0.819. The Morgan fingerprint density at radius 3 is 2.40 bits per heavy atom. The van der Waals surface area contributed by atoms with E-state index in [9.17, 15) is 9.59 Å². The van der Waals surface area contributed by atoms with Gasteiger partial charge in [0.25, 0.3) is 11.1 Å². The fourth-order valence-electron chi connectivity index (χ4n) is 2.33. The van der Waals surface area contributed by atoms with Crippen LogP contribution in [-0.2, 0) is 4.79 Å². The summed E-state index contributed by atoms with van der Waals surface area (Å²) in [4.78, 5) is 26.2. The van der Waals surface area contributed by atoms with Crippen molar-refractivity contribution in [1.82, 2.24) is 4.90 Å². The zero-order valence-corrected chi connectivity index (χ0v) is 14.8. The molecule has 0 radical (unpaired) electrons. The van der Waals surface area contributed by atoms with Gasteiger partial charge in [-0.3, -0.25) is 14.5 Å². The first kappa shape index (κ1) is 17.1. The van der Waals surface area contributed by atoms with Crippen molar-refractivity contribution in [3.63, 3.8) is 0 Å². The lowest BCUT2D eigenvalue weighted by atomic mass is 10.1. The number of carbonyl (C=O) groups is 2. The first-order chi connectivity index (χ1) is 12.1. The van der Waals surface area contributed by atoms with E-state index in [2.05, 4.69) is 5.32 Å². The van der Waals surface area contributed by atoms with Crippen LogP contribution in [0.5, 0.6) is 5.75 Å². The van der Waals surface area contributed by atoms with Gasteiger partial charge in [-0.1, -0.05) is 29.8 Å². The summed E-state index contributed by atoms with van der Waals surface area (Å²) < 4.78 is 5.10. The van der Waals surface area contributed by atoms with Crippen molar-refractivity contribution in [2.24, 2.45) is 0 Å². The topological polar surface area (TPSA) is 58.6 Å². The molecule has 25 heavy (non-hydrogen) atoms. The van der Waals surface area contributed by atoms with Crippen molar-refractivity contribution in [2.45, 2.75) is 6.92 Å². The highest BCUT2D eigenvalue weighted by Crippen LogP contribution is 2.32. The van der Waals surface area contributed by atoms with E-state index in [0.29, 0.717) is 4.91 Å². The number of anilines is 1. The normalized spacial score (nSPS) is 15.8. The lowest BCUT2D eigenvalue weighted by Gasteiger charge is -2.14. The molecule has 1 N–H and O–H groups in total. The van der Waals surface area contributed by atoms with Crippen LogP contribution in [-0.4, -0.2) is 29.8 Å². The smallest absolute Gasteiger partial charge is 0.295 e. The molecule has 0 spiro atoms. The van der Waals surface area contributed by atoms with Crippen molar-refractivity contribution < 1.29 is 14.3 Å². The van der Waals surface area contributed by atoms with Crippen molar-refractivity contribution >= 4 is 34.7 Å². The maximum absolute atomic E-state index is 12.5. The second-order valence-corrected chi connectivity index (χ2v) is 6.58. The van der Waals surface area contributed by atoms with Crippen LogP contribution in [0.2, 0.25) is 0 Å². The summed E-state index contributed by atoms with van der Waals surface area (Å²) in [6.07, 6.45) is 1.75. The third-order valence-electron chi connectivity index (χ3n) is 3.78. The zero-order chi connectivity index (χ0) is 17.8. The molecule has 0 bridgehead atoms. The number of methoxy groups -OCH3 is 1. The minimum atomic E-state index is -0.281. The lowest BCUT2D eigenvalue weighted by molar-refractivity contribution is -0.122. The highest BCUT2D eigenvalue weighted by atomic mass is 32.2. The minimum Gasteiger partial charge on any atom is -0.497 e. The van der Waals surface area contributed by atoms with Crippen LogP contribution in [0.1, 0.15) is 11.1 Å². The molecule has 5 nitrogen and oxygen atoms in total. The molecule has 1 aliphatic heterocycles. The Labute approximate surface area is 150 Å². The molecule has 2 aromatic carbocycles. The molecule has 6 heteroatoms. The monoisotopic (exact) mass is 354 g/mol. The van der Waals surface area contributed by atoms with Crippen LogP contribution in [0.3, 0.4) is 0 Å². The molecule has 0 saturated carbocycles. The summed E-state index contributed by atoms with van der Waals surface area (Å²) in [5.41, 5.74) is 2.86. The molecule has 3 rings (SSSR count). The van der Waals surface area contributed by atoms with Crippen molar-refractivity contribution in [3.05, 3.63) is 64.6 Å². The van der Waals surface area contributed by atoms with Gasteiger partial charge < -0.3 is 10.1 Å². The number of ether oxygens (including phenoxy) is 1. The number of hydrogen-bond acceptors (Lipinski definition) is 5. The van der Waals surface area contributed by atoms with Gasteiger partial charge in [-0.25, -0.2) is 0 Å². The van der Waals surface area contributed by atoms with E-state index in [1.807, 2.05) is 55.5 Å². The summed E-state index contributed by atoms with van der Waals surface area (Å²) in [7, 11) is 1.60. The largest absolute Gasteiger partial charge is 0.497 e. The predicted molar refractivity (Wildman–Crippen MR) is 100 cm³/mol. The number of aryl methyl sites for hydroxylation is 1. The van der Waals surface area contributed by atoms with Crippen LogP contribution in [0, 0.1) is 6.92 Å². The molecule has 2 amide bonds. The third-order valence-corrected chi connectivity index (χ3v) is 4.69. The predicted octanol–water partition coefficient (Wildman–Crippen LogP) is 4.11. The number of thioether (sulfide) groups is 1. The molecule has 2 aromatic rings. The first-order valence-electron chi connectivity index (χ1n) is 7.77. The van der Waals surface area contributed by atoms with E-state index in [1.165, 1.54) is 4.90 Å². The van der Waals surface area contributed by atoms with E-state index >= 15 is 0 Å². The Hall–Kier alpha value is -2.73. The molecule has 0 aromatic heterocycles. The molecule has 1 saturated heterocycles. The average molecular weight is 354 g/mol. The molecule has 1 heterocycles. The van der Waals surface area contributed by atoms with E-state index < -0.39 is 0 Å². The SMILES string of the molecule is COc1ccc(NCN2C(=O)S/C(=C/c3ccc(C)cc3)C2=O)cc1. The number of amides is 2. The number of imide groups is 1. The summed E-state index contributed by atoms with van der Waals surface area (Å²) in [6.45, 7) is 2.13. The van der Waals surface area contributed by atoms with Crippen LogP contribution in [0.15, 0.2) is 53.4 Å². The summed E-state index contributed by atoms with van der Waals surface area (Å²) in [6, 6.07) is 15.1. The lowest BCUT2D eigenvalue weighted by Crippen LogP contribution is -2.33. The minimum absolute atomic E-state index is 0.127. The van der Waals surface area contributed by atoms with Gasteiger partial charge in [-0.05, 0) is 54.6 Å². The summed E-state index contributed by atoms with van der Waals surface area (Å²) in [5.74, 6) is 0.467. The maximum Gasteiger partial charge on any atom is 0.295 e. The fraction of sp³-hybridized carbons (Fsp3) is 0.158. The highest BCUT2D eigenvalue weighted by molar-refractivity contribution is 8.18. The van der Waals surface area contributed by atoms with Crippen LogP contribution >= 0.6 is 11.8 Å². The van der Waals surface area contributed by atoms with Crippen LogP contribution in [0.4, 0.5) is 10.5 Å². The van der Waals surface area contributed by atoms with Gasteiger partial charge in [-0.15, -0.1) is 0 Å². The first-order valence-corrected chi connectivity index (χ1v) is 8.58. The van der Waals surface area contributed by atoms with Gasteiger partial charge >= 0.3 is 0 Å². The molecular weight excluding hydrogens is 336 g/mol. The van der Waals surface area contributed by atoms with Gasteiger partial charge in [0, 0.05) is 5.69 Å². The van der Waals surface area contributed by atoms with Crippen molar-refractivity contribution in [2.75, 3.05) is 19.1 Å². The third kappa shape index (κ3) is 4.03. The molecule has 0 unspecified atom stereocenters. The van der Waals surface area contributed by atoms with Crippen molar-refractivity contribution in [1.29, 1.82) is 0 Å². The number of rotatable bonds is 5. The Morgan fingerprint density at radius 1 is 1.08 bits per heavy atom. The van der Waals surface area contributed by atoms with Gasteiger partial charge in [0.05, 0.1) is 18.7 Å². The van der Waals surface area contributed by atoms with Gasteiger partial charge in [0.15, 0.2) is 0 Å². The fourth-order valence-corrected chi connectivity index (χ4v) is 3.17. The van der Waals surface area contributed by atoms with E-state index in [0.717, 1.165) is 34.3 Å². The molecule has 1 fully saturated rings. The van der Waals surface area contributed by atoms with E-state index in [-0.39, 0.29) is 17.8 Å². The van der Waals surface area contributed by atoms with Crippen LogP contribution < -0.4 is 10.1 Å². The van der Waals surface area contributed by atoms with Crippen LogP contribution in [0.25, 0.3) is 6.08 Å². The Morgan fingerprint density at radius 2 is 1.76 bits per heavy atom. The highest BCUT2D eigenvalue weighted by Gasteiger charge is 2.34. The molecule has 0 atom stereocenters. The zero-order valence-electron chi connectivity index (χ0n) is 14.0. The molecule has 128 valence electrons. The number of benzene rings is 2. The number of nitrogens with zero attached hydrogens (tertiary/aromatic N) is 1. The molecular formula is C19H18N2O3S. The van der Waals surface area contributed by atoms with Gasteiger partial charge in [-0.2, -0.15) is 0 Å². The second-order valence-electron chi connectivity index (χ2n) is 5.58. The average Bonchev–Trinajstić information content (AvgIpc) is 2.89. The number of hydrogen-bond donors (Lipinski definition) is 1. The summed E-state index contributed by atoms with van der Waals surface area (Å²) >= 11 is 0.961. The molecule has 1 aliphatic rings. The number of nitrogens with one attached hydrogen (secondary N) is 1. The van der Waals surface area contributed by atoms with Crippen molar-refractivity contribution in [3.8, 4) is 5.75 Å². The van der Waals surface area contributed by atoms with Gasteiger partial charge in [0.1, 0.15) is 5.75 Å². The van der Waals surface area contributed by atoms with Gasteiger partial charge in [0.2, 0.25) is 0 Å². The summed E-state index contributed by atoms with van der Waals surface area (Å²) in [5, 5.41) is 2.81. The Kier molecular flexibility index (Phi) is 5.09. The second kappa shape index (κ2) is 7.44. The number of carbonyl (C=O) groups excluding carboxylic acids is 2. The Balaban J connectivity index is 1.67. The maximum atomic E-state index is 12.5. The molecule has 0 aliphatic carbocycles. The Bertz CT molecular complexity index is 814. The standard InChI is InChI=1S/C19H18N2O3S/c1-13-3-5-14(6-4-13)11-17-18(22)21(19(23)25-17)12-20-15-7-9-16(24-2)10-8-15/h3-11,20H,12H2,1-2H3/b17-11+.